The Morgan fingerprint density at radius 2 is 1.93 bits per heavy atom. The Balaban J connectivity index is 1.84. The monoisotopic (exact) mass is 385 g/mol. The molecule has 2 atom stereocenters. The molecule has 1 aromatic carbocycles. The molecule has 2 aliphatic rings. The predicted octanol–water partition coefficient (Wildman–Crippen LogP) is 4.45. The van der Waals surface area contributed by atoms with Crippen molar-refractivity contribution < 1.29 is 13.6 Å². The summed E-state index contributed by atoms with van der Waals surface area (Å²) >= 11 is 0. The molecule has 1 aromatic heterocycles. The third kappa shape index (κ3) is 2.43. The molecule has 2 aromatic rings. The Kier molecular flexibility index (Phi) is 4.28. The summed E-state index contributed by atoms with van der Waals surface area (Å²) in [7, 11) is 0. The van der Waals surface area contributed by atoms with Crippen LogP contribution in [0.5, 0.6) is 0 Å². The van der Waals surface area contributed by atoms with Gasteiger partial charge in [0, 0.05) is 25.4 Å². The maximum Gasteiger partial charge on any atom is 0.219 e. The van der Waals surface area contributed by atoms with Gasteiger partial charge in [0.15, 0.2) is 0 Å². The minimum atomic E-state index is -0.639. The van der Waals surface area contributed by atoms with Crippen LogP contribution in [0.2, 0.25) is 0 Å². The van der Waals surface area contributed by atoms with E-state index in [9.17, 15) is 13.6 Å². The van der Waals surface area contributed by atoms with E-state index in [2.05, 4.69) is 24.0 Å². The zero-order valence-corrected chi connectivity index (χ0v) is 16.7. The van der Waals surface area contributed by atoms with Gasteiger partial charge in [-0.3, -0.25) is 4.79 Å². The van der Waals surface area contributed by atoms with Gasteiger partial charge in [-0.2, -0.15) is 10.2 Å². The molecule has 4 rings (SSSR count). The second-order valence-corrected chi connectivity index (χ2v) is 8.56. The molecule has 0 spiro atoms. The summed E-state index contributed by atoms with van der Waals surface area (Å²) in [6.07, 6.45) is 1.91. The van der Waals surface area contributed by atoms with E-state index in [1.54, 1.807) is 13.0 Å². The van der Waals surface area contributed by atoms with Crippen LogP contribution in [0.1, 0.15) is 57.7 Å². The lowest BCUT2D eigenvalue weighted by atomic mass is 9.68. The molecular weight excluding hydrogens is 360 g/mol. The molecule has 0 N–H and O–H groups in total. The molecule has 1 heterocycles. The first-order valence-electron chi connectivity index (χ1n) is 9.81. The van der Waals surface area contributed by atoms with Gasteiger partial charge < -0.3 is 4.90 Å². The largest absolute Gasteiger partial charge is 0.342 e. The van der Waals surface area contributed by atoms with Crippen molar-refractivity contribution in [2.24, 2.45) is 5.41 Å². The van der Waals surface area contributed by atoms with Crippen molar-refractivity contribution in [1.29, 1.82) is 0 Å². The van der Waals surface area contributed by atoms with E-state index in [1.807, 2.05) is 11.8 Å². The van der Waals surface area contributed by atoms with Gasteiger partial charge >= 0.3 is 0 Å². The van der Waals surface area contributed by atoms with Crippen molar-refractivity contribution in [3.8, 4) is 11.3 Å². The van der Waals surface area contributed by atoms with Gasteiger partial charge in [-0.25, -0.2) is 8.78 Å². The van der Waals surface area contributed by atoms with Crippen molar-refractivity contribution in [3.63, 3.8) is 0 Å². The molecule has 2 aliphatic carbocycles. The van der Waals surface area contributed by atoms with E-state index in [0.29, 0.717) is 13.1 Å². The number of carbonyl (C=O) groups is 1. The molecule has 0 aliphatic heterocycles. The first kappa shape index (κ1) is 19.0. The smallest absolute Gasteiger partial charge is 0.219 e. The molecule has 1 fully saturated rings. The maximum atomic E-state index is 14.3. The second kappa shape index (κ2) is 6.33. The highest BCUT2D eigenvalue weighted by atomic mass is 19.1. The van der Waals surface area contributed by atoms with E-state index < -0.39 is 11.6 Å². The van der Waals surface area contributed by atoms with Crippen LogP contribution < -0.4 is 0 Å². The second-order valence-electron chi connectivity index (χ2n) is 8.56. The zero-order valence-electron chi connectivity index (χ0n) is 16.7. The number of fused-ring (bicyclic) bond motifs is 5. The third-order valence-electron chi connectivity index (χ3n) is 7.12. The standard InChI is InChI=1S/C22H25F2N3O/c1-5-27(13(2)28)12-22-10-9-15(21(22,3)4)14-11-18(25-26-20(14)22)19-16(23)7-6-8-17(19)24/h6-8,11,15H,5,9-10,12H2,1-4H3/t15-,22-/m0/s1. The third-order valence-corrected chi connectivity index (χ3v) is 7.12. The Morgan fingerprint density at radius 3 is 2.54 bits per heavy atom. The topological polar surface area (TPSA) is 46.1 Å². The van der Waals surface area contributed by atoms with Gasteiger partial charge in [-0.1, -0.05) is 19.9 Å². The highest BCUT2D eigenvalue weighted by molar-refractivity contribution is 5.73. The van der Waals surface area contributed by atoms with Crippen molar-refractivity contribution in [1.82, 2.24) is 15.1 Å². The van der Waals surface area contributed by atoms with Gasteiger partial charge in [0.05, 0.1) is 17.0 Å². The number of aromatic nitrogens is 2. The molecule has 0 saturated heterocycles. The van der Waals surface area contributed by atoms with Crippen LogP contribution in [0, 0.1) is 17.0 Å². The lowest BCUT2D eigenvalue weighted by Gasteiger charge is -2.41. The molecule has 4 nitrogen and oxygen atoms in total. The summed E-state index contributed by atoms with van der Waals surface area (Å²) in [4.78, 5) is 13.9. The zero-order chi connectivity index (χ0) is 20.3. The Morgan fingerprint density at radius 1 is 1.25 bits per heavy atom. The summed E-state index contributed by atoms with van der Waals surface area (Å²) < 4.78 is 28.5. The number of hydrogen-bond acceptors (Lipinski definition) is 3. The summed E-state index contributed by atoms with van der Waals surface area (Å²) in [6.45, 7) is 9.22. The first-order chi connectivity index (χ1) is 13.2. The van der Waals surface area contributed by atoms with Crippen LogP contribution in [0.4, 0.5) is 8.78 Å². The van der Waals surface area contributed by atoms with Gasteiger partial charge in [0.2, 0.25) is 5.91 Å². The Bertz CT molecular complexity index is 939. The SMILES string of the molecule is CCN(C[C@@]12CC[C@@H](c3cc(-c4c(F)cccc4F)nnc31)C2(C)C)C(C)=O. The molecule has 1 saturated carbocycles. The summed E-state index contributed by atoms with van der Waals surface area (Å²) in [5, 5.41) is 8.71. The van der Waals surface area contributed by atoms with Crippen LogP contribution in [0.25, 0.3) is 11.3 Å². The lowest BCUT2D eigenvalue weighted by molar-refractivity contribution is -0.130. The number of carbonyl (C=O) groups excluding carboxylic acids is 1. The van der Waals surface area contributed by atoms with Crippen molar-refractivity contribution >= 4 is 5.91 Å². The van der Waals surface area contributed by atoms with E-state index in [0.717, 1.165) is 24.1 Å². The fraction of sp³-hybridized carbons (Fsp3) is 0.500. The summed E-state index contributed by atoms with van der Waals surface area (Å²) in [5.41, 5.74) is 1.60. The minimum absolute atomic E-state index is 0.0441. The van der Waals surface area contributed by atoms with E-state index in [4.69, 9.17) is 0 Å². The molecule has 28 heavy (non-hydrogen) atoms. The van der Waals surface area contributed by atoms with Crippen LogP contribution in [0.15, 0.2) is 24.3 Å². The highest BCUT2D eigenvalue weighted by Crippen LogP contribution is 2.67. The fourth-order valence-electron chi connectivity index (χ4n) is 5.41. The number of hydrogen-bond donors (Lipinski definition) is 0. The normalized spacial score (nSPS) is 24.3. The maximum absolute atomic E-state index is 14.3. The van der Waals surface area contributed by atoms with Gasteiger partial charge in [-0.15, -0.1) is 0 Å². The Labute approximate surface area is 164 Å². The average Bonchev–Trinajstić information content (AvgIpc) is 3.00. The molecule has 6 heteroatoms. The number of rotatable bonds is 4. The summed E-state index contributed by atoms with van der Waals surface area (Å²) in [5.74, 6) is -1.000. The highest BCUT2D eigenvalue weighted by Gasteiger charge is 2.63. The van der Waals surface area contributed by atoms with E-state index in [-0.39, 0.29) is 33.9 Å². The van der Waals surface area contributed by atoms with Crippen LogP contribution in [-0.2, 0) is 10.2 Å². The first-order valence-corrected chi connectivity index (χ1v) is 9.81. The van der Waals surface area contributed by atoms with Crippen LogP contribution in [0.3, 0.4) is 0 Å². The van der Waals surface area contributed by atoms with Crippen molar-refractivity contribution in [2.75, 3.05) is 13.1 Å². The molecular formula is C22H25F2N3O. The molecule has 148 valence electrons. The molecule has 0 radical (unpaired) electrons. The van der Waals surface area contributed by atoms with Crippen LogP contribution >= 0.6 is 0 Å². The summed E-state index contributed by atoms with van der Waals surface area (Å²) in [6, 6.07) is 5.62. The van der Waals surface area contributed by atoms with E-state index >= 15 is 0 Å². The Hall–Kier alpha value is -2.37. The number of benzene rings is 1. The van der Waals surface area contributed by atoms with Crippen molar-refractivity contribution in [2.45, 2.75) is 51.9 Å². The fourth-order valence-corrected chi connectivity index (χ4v) is 5.41. The molecule has 2 bridgehead atoms. The predicted molar refractivity (Wildman–Crippen MR) is 103 cm³/mol. The van der Waals surface area contributed by atoms with Gasteiger partial charge in [0.1, 0.15) is 11.6 Å². The number of nitrogens with zero attached hydrogens (tertiary/aromatic N) is 3. The molecule has 1 amide bonds. The number of likely N-dealkylation sites (N-methyl/N-ethyl adjacent to an activating group) is 1. The molecule has 0 unspecified atom stereocenters. The quantitative estimate of drug-likeness (QED) is 0.781. The minimum Gasteiger partial charge on any atom is -0.342 e. The average molecular weight is 385 g/mol. The van der Waals surface area contributed by atoms with Crippen LogP contribution in [-0.4, -0.2) is 34.1 Å². The van der Waals surface area contributed by atoms with Gasteiger partial charge in [-0.05, 0) is 54.9 Å². The number of amides is 1. The van der Waals surface area contributed by atoms with Crippen molar-refractivity contribution in [3.05, 3.63) is 47.2 Å². The van der Waals surface area contributed by atoms with E-state index in [1.165, 1.54) is 18.2 Å². The lowest BCUT2D eigenvalue weighted by Crippen LogP contribution is -2.47. The van der Waals surface area contributed by atoms with Gasteiger partial charge in [0.25, 0.3) is 0 Å². The number of halogens is 2.